The lowest BCUT2D eigenvalue weighted by molar-refractivity contribution is 0.250. The van der Waals surface area contributed by atoms with Crippen LogP contribution in [0.4, 0.5) is 5.69 Å². The van der Waals surface area contributed by atoms with E-state index in [1.54, 1.807) is 6.07 Å². The predicted octanol–water partition coefficient (Wildman–Crippen LogP) is 4.04. The average Bonchev–Trinajstić information content (AvgIpc) is 2.66. The van der Waals surface area contributed by atoms with Crippen LogP contribution >= 0.6 is 0 Å². The second kappa shape index (κ2) is 7.20. The van der Waals surface area contributed by atoms with Gasteiger partial charge in [0.15, 0.2) is 0 Å². The van der Waals surface area contributed by atoms with Crippen LogP contribution in [0.25, 0.3) is 11.0 Å². The molecule has 1 aromatic heterocycles. The lowest BCUT2D eigenvalue weighted by Gasteiger charge is -2.37. The summed E-state index contributed by atoms with van der Waals surface area (Å²) in [5.74, 6) is 0. The van der Waals surface area contributed by atoms with Gasteiger partial charge in [0.2, 0.25) is 0 Å². The highest BCUT2D eigenvalue weighted by atomic mass is 16.4. The Morgan fingerprint density at radius 2 is 1.67 bits per heavy atom. The maximum absolute atomic E-state index is 12.1. The Morgan fingerprint density at radius 1 is 0.926 bits per heavy atom. The molecular formula is C23H26N2O2. The molecule has 0 saturated carbocycles. The van der Waals surface area contributed by atoms with Crippen LogP contribution in [0.5, 0.6) is 0 Å². The molecule has 0 aliphatic carbocycles. The van der Waals surface area contributed by atoms with Crippen LogP contribution in [0, 0.1) is 20.8 Å². The molecule has 0 N–H and O–H groups in total. The highest BCUT2D eigenvalue weighted by molar-refractivity contribution is 5.83. The standard InChI is InChI=1S/C23H26N2O2/c1-16-8-9-20-19(14-22(26)27-23(20)18(16)3)15-24-10-12-25(13-11-24)21-7-5-4-6-17(21)2/h4-9,14H,10-13,15H2,1-3H3. The summed E-state index contributed by atoms with van der Waals surface area (Å²) in [6, 6.07) is 14.4. The van der Waals surface area contributed by atoms with E-state index in [0.29, 0.717) is 0 Å². The third-order valence-electron chi connectivity index (χ3n) is 5.74. The van der Waals surface area contributed by atoms with E-state index in [9.17, 15) is 4.79 Å². The van der Waals surface area contributed by atoms with Gasteiger partial charge in [-0.2, -0.15) is 0 Å². The molecule has 2 aromatic carbocycles. The summed E-state index contributed by atoms with van der Waals surface area (Å²) in [5.41, 5.74) is 6.39. The number of rotatable bonds is 3. The van der Waals surface area contributed by atoms with Gasteiger partial charge in [-0.3, -0.25) is 4.90 Å². The zero-order chi connectivity index (χ0) is 19.0. The zero-order valence-corrected chi connectivity index (χ0v) is 16.3. The maximum atomic E-state index is 12.1. The van der Waals surface area contributed by atoms with E-state index in [1.807, 2.05) is 13.8 Å². The number of hydrogen-bond acceptors (Lipinski definition) is 4. The van der Waals surface area contributed by atoms with Crippen LogP contribution in [0.15, 0.2) is 51.7 Å². The van der Waals surface area contributed by atoms with Gasteiger partial charge < -0.3 is 9.32 Å². The first-order valence-corrected chi connectivity index (χ1v) is 9.59. The fourth-order valence-corrected chi connectivity index (χ4v) is 3.96. The number of nitrogens with zero attached hydrogens (tertiary/aromatic N) is 2. The number of fused-ring (bicyclic) bond motifs is 1. The number of anilines is 1. The lowest BCUT2D eigenvalue weighted by Crippen LogP contribution is -2.46. The summed E-state index contributed by atoms with van der Waals surface area (Å²) in [6.45, 7) is 11.0. The van der Waals surface area contributed by atoms with E-state index in [4.69, 9.17) is 4.42 Å². The Kier molecular flexibility index (Phi) is 4.75. The van der Waals surface area contributed by atoms with Gasteiger partial charge in [-0.05, 0) is 49.1 Å². The Morgan fingerprint density at radius 3 is 2.41 bits per heavy atom. The minimum Gasteiger partial charge on any atom is -0.422 e. The Labute approximate surface area is 160 Å². The first-order valence-electron chi connectivity index (χ1n) is 9.59. The third-order valence-corrected chi connectivity index (χ3v) is 5.74. The molecule has 1 aliphatic heterocycles. The van der Waals surface area contributed by atoms with E-state index in [0.717, 1.165) is 60.4 Å². The Balaban J connectivity index is 1.54. The molecule has 4 nitrogen and oxygen atoms in total. The van der Waals surface area contributed by atoms with Crippen molar-refractivity contribution in [3.63, 3.8) is 0 Å². The van der Waals surface area contributed by atoms with Gasteiger partial charge in [0.25, 0.3) is 0 Å². The average molecular weight is 362 g/mol. The van der Waals surface area contributed by atoms with Crippen molar-refractivity contribution in [3.05, 3.63) is 75.1 Å². The number of para-hydroxylation sites is 1. The van der Waals surface area contributed by atoms with Crippen LogP contribution < -0.4 is 10.5 Å². The Bertz CT molecular complexity index is 1030. The van der Waals surface area contributed by atoms with Gasteiger partial charge >= 0.3 is 5.63 Å². The van der Waals surface area contributed by atoms with E-state index < -0.39 is 0 Å². The zero-order valence-electron chi connectivity index (χ0n) is 16.3. The highest BCUT2D eigenvalue weighted by Crippen LogP contribution is 2.25. The molecular weight excluding hydrogens is 336 g/mol. The van der Waals surface area contributed by atoms with Crippen molar-refractivity contribution in [1.82, 2.24) is 4.90 Å². The molecule has 1 aliphatic rings. The quantitative estimate of drug-likeness (QED) is 0.659. The van der Waals surface area contributed by atoms with E-state index in [1.165, 1.54) is 11.3 Å². The van der Waals surface area contributed by atoms with Gasteiger partial charge in [-0.1, -0.05) is 30.3 Å². The minimum atomic E-state index is -0.259. The van der Waals surface area contributed by atoms with Crippen molar-refractivity contribution >= 4 is 16.7 Å². The summed E-state index contributed by atoms with van der Waals surface area (Å²) < 4.78 is 5.51. The number of aryl methyl sites for hydroxylation is 3. The topological polar surface area (TPSA) is 36.7 Å². The van der Waals surface area contributed by atoms with Crippen LogP contribution in [0.1, 0.15) is 22.3 Å². The fourth-order valence-electron chi connectivity index (χ4n) is 3.96. The van der Waals surface area contributed by atoms with Crippen LogP contribution in [-0.2, 0) is 6.54 Å². The summed E-state index contributed by atoms with van der Waals surface area (Å²) in [4.78, 5) is 17.0. The van der Waals surface area contributed by atoms with Crippen molar-refractivity contribution in [3.8, 4) is 0 Å². The molecule has 0 bridgehead atoms. The summed E-state index contributed by atoms with van der Waals surface area (Å²) in [5, 5.41) is 1.05. The van der Waals surface area contributed by atoms with Crippen molar-refractivity contribution in [1.29, 1.82) is 0 Å². The molecule has 2 heterocycles. The van der Waals surface area contributed by atoms with E-state index in [2.05, 4.69) is 53.1 Å². The van der Waals surface area contributed by atoms with Crippen molar-refractivity contribution in [2.75, 3.05) is 31.1 Å². The molecule has 0 atom stereocenters. The second-order valence-electron chi connectivity index (χ2n) is 7.52. The van der Waals surface area contributed by atoms with Gasteiger partial charge in [0, 0.05) is 49.9 Å². The minimum absolute atomic E-state index is 0.259. The molecule has 0 unspecified atom stereocenters. The van der Waals surface area contributed by atoms with Crippen molar-refractivity contribution < 1.29 is 4.42 Å². The normalized spacial score (nSPS) is 15.4. The number of hydrogen-bond donors (Lipinski definition) is 0. The lowest BCUT2D eigenvalue weighted by atomic mass is 10.0. The summed E-state index contributed by atoms with van der Waals surface area (Å²) in [7, 11) is 0. The SMILES string of the molecule is Cc1ccccc1N1CCN(Cc2cc(=O)oc3c(C)c(C)ccc23)CC1. The fraction of sp³-hybridized carbons (Fsp3) is 0.348. The smallest absolute Gasteiger partial charge is 0.336 e. The molecule has 3 aromatic rings. The molecule has 0 radical (unpaired) electrons. The molecule has 1 fully saturated rings. The van der Waals surface area contributed by atoms with Crippen molar-refractivity contribution in [2.24, 2.45) is 0 Å². The molecule has 140 valence electrons. The van der Waals surface area contributed by atoms with E-state index >= 15 is 0 Å². The van der Waals surface area contributed by atoms with Gasteiger partial charge in [-0.15, -0.1) is 0 Å². The van der Waals surface area contributed by atoms with E-state index in [-0.39, 0.29) is 5.63 Å². The predicted molar refractivity (Wildman–Crippen MR) is 111 cm³/mol. The van der Waals surface area contributed by atoms with Gasteiger partial charge in [0.05, 0.1) is 0 Å². The molecule has 1 saturated heterocycles. The van der Waals surface area contributed by atoms with Crippen molar-refractivity contribution in [2.45, 2.75) is 27.3 Å². The molecule has 4 heteroatoms. The molecule has 27 heavy (non-hydrogen) atoms. The monoisotopic (exact) mass is 362 g/mol. The highest BCUT2D eigenvalue weighted by Gasteiger charge is 2.20. The maximum Gasteiger partial charge on any atom is 0.336 e. The van der Waals surface area contributed by atoms with Crippen LogP contribution in [0.2, 0.25) is 0 Å². The molecule has 0 amide bonds. The van der Waals surface area contributed by atoms with Gasteiger partial charge in [-0.25, -0.2) is 4.79 Å². The largest absolute Gasteiger partial charge is 0.422 e. The first-order chi connectivity index (χ1) is 13.0. The van der Waals surface area contributed by atoms with Gasteiger partial charge in [0.1, 0.15) is 5.58 Å². The summed E-state index contributed by atoms with van der Waals surface area (Å²) >= 11 is 0. The molecule has 0 spiro atoms. The number of piperazine rings is 1. The Hall–Kier alpha value is -2.59. The first kappa shape index (κ1) is 17.8. The number of benzene rings is 2. The third kappa shape index (κ3) is 3.50. The molecule has 4 rings (SSSR count). The summed E-state index contributed by atoms with van der Waals surface area (Å²) in [6.07, 6.45) is 0. The second-order valence-corrected chi connectivity index (χ2v) is 7.52. The van der Waals surface area contributed by atoms with Crippen LogP contribution in [-0.4, -0.2) is 31.1 Å². The van der Waals surface area contributed by atoms with Crippen LogP contribution in [0.3, 0.4) is 0 Å².